The Morgan fingerprint density at radius 3 is 2.67 bits per heavy atom. The van der Waals surface area contributed by atoms with Crippen molar-refractivity contribution in [1.29, 1.82) is 0 Å². The van der Waals surface area contributed by atoms with Gasteiger partial charge in [0.1, 0.15) is 0 Å². The van der Waals surface area contributed by atoms with Crippen LogP contribution in [0.15, 0.2) is 0 Å². The average molecular weight is 211 g/mol. The molecule has 0 spiro atoms. The Morgan fingerprint density at radius 2 is 2.00 bits per heavy atom. The quantitative estimate of drug-likeness (QED) is 0.680. The van der Waals surface area contributed by atoms with Gasteiger partial charge in [0, 0.05) is 32.6 Å². The number of carbonyl (C=O) groups excluding carboxylic acids is 1. The third-order valence-corrected chi connectivity index (χ3v) is 3.40. The van der Waals surface area contributed by atoms with Gasteiger partial charge in [-0.2, -0.15) is 0 Å². The lowest BCUT2D eigenvalue weighted by atomic mass is 10.0. The summed E-state index contributed by atoms with van der Waals surface area (Å²) in [6.07, 6.45) is 3.05. The van der Waals surface area contributed by atoms with Crippen LogP contribution < -0.4 is 10.6 Å². The highest BCUT2D eigenvalue weighted by Crippen LogP contribution is 2.15. The van der Waals surface area contributed by atoms with Gasteiger partial charge >= 0.3 is 0 Å². The first-order chi connectivity index (χ1) is 7.36. The molecule has 2 fully saturated rings. The molecule has 0 radical (unpaired) electrons. The lowest BCUT2D eigenvalue weighted by Crippen LogP contribution is -2.46. The van der Waals surface area contributed by atoms with E-state index in [4.69, 9.17) is 0 Å². The van der Waals surface area contributed by atoms with Crippen molar-refractivity contribution >= 4 is 5.91 Å². The van der Waals surface area contributed by atoms with Gasteiger partial charge in [-0.3, -0.25) is 4.79 Å². The highest BCUT2D eigenvalue weighted by molar-refractivity contribution is 5.76. The number of carbonyl (C=O) groups is 1. The standard InChI is InChI=1S/C11H21N3O/c15-11(14-7-5-12-6-8-14)2-1-10-3-4-13-9-10/h10,12-13H,1-9H2. The van der Waals surface area contributed by atoms with Gasteiger partial charge in [0.15, 0.2) is 0 Å². The highest BCUT2D eigenvalue weighted by atomic mass is 16.2. The van der Waals surface area contributed by atoms with Gasteiger partial charge in [0.25, 0.3) is 0 Å². The molecule has 2 rings (SSSR count). The minimum atomic E-state index is 0.350. The van der Waals surface area contributed by atoms with E-state index >= 15 is 0 Å². The molecular weight excluding hydrogens is 190 g/mol. The van der Waals surface area contributed by atoms with Crippen LogP contribution in [0.25, 0.3) is 0 Å². The van der Waals surface area contributed by atoms with Crippen molar-refractivity contribution in [2.24, 2.45) is 5.92 Å². The van der Waals surface area contributed by atoms with Crippen LogP contribution in [0.5, 0.6) is 0 Å². The van der Waals surface area contributed by atoms with Gasteiger partial charge in [-0.05, 0) is 31.8 Å². The summed E-state index contributed by atoms with van der Waals surface area (Å²) in [6.45, 7) is 5.93. The molecule has 4 nitrogen and oxygen atoms in total. The fourth-order valence-electron chi connectivity index (χ4n) is 2.36. The Hall–Kier alpha value is -0.610. The first kappa shape index (κ1) is 10.9. The molecule has 1 amide bonds. The molecule has 2 saturated heterocycles. The van der Waals surface area contributed by atoms with Crippen LogP contribution in [0.4, 0.5) is 0 Å². The van der Waals surface area contributed by atoms with Crippen molar-refractivity contribution in [3.63, 3.8) is 0 Å². The highest BCUT2D eigenvalue weighted by Gasteiger charge is 2.19. The van der Waals surface area contributed by atoms with Crippen LogP contribution in [-0.2, 0) is 4.79 Å². The molecule has 2 aliphatic heterocycles. The SMILES string of the molecule is O=C(CCC1CCNC1)N1CCNCC1. The van der Waals surface area contributed by atoms with Crippen molar-refractivity contribution in [2.45, 2.75) is 19.3 Å². The molecule has 0 aliphatic carbocycles. The Labute approximate surface area is 91.4 Å². The van der Waals surface area contributed by atoms with E-state index in [1.165, 1.54) is 6.42 Å². The zero-order valence-corrected chi connectivity index (χ0v) is 9.30. The molecule has 0 aromatic heterocycles. The number of nitrogens with zero attached hydrogens (tertiary/aromatic N) is 1. The van der Waals surface area contributed by atoms with Crippen molar-refractivity contribution in [2.75, 3.05) is 39.3 Å². The van der Waals surface area contributed by atoms with Crippen LogP contribution >= 0.6 is 0 Å². The zero-order chi connectivity index (χ0) is 10.5. The molecule has 1 atom stereocenters. The lowest BCUT2D eigenvalue weighted by Gasteiger charge is -2.27. The number of rotatable bonds is 3. The molecule has 1 unspecified atom stereocenters. The maximum atomic E-state index is 11.8. The maximum absolute atomic E-state index is 11.8. The lowest BCUT2D eigenvalue weighted by molar-refractivity contribution is -0.132. The fraction of sp³-hybridized carbons (Fsp3) is 0.909. The first-order valence-corrected chi connectivity index (χ1v) is 6.05. The molecule has 0 saturated carbocycles. The average Bonchev–Trinajstić information content (AvgIpc) is 2.80. The third-order valence-electron chi connectivity index (χ3n) is 3.40. The van der Waals surface area contributed by atoms with E-state index in [9.17, 15) is 4.79 Å². The Kier molecular flexibility index (Phi) is 3.97. The van der Waals surface area contributed by atoms with Crippen LogP contribution in [0.3, 0.4) is 0 Å². The van der Waals surface area contributed by atoms with Crippen molar-refractivity contribution < 1.29 is 4.79 Å². The third kappa shape index (κ3) is 3.18. The van der Waals surface area contributed by atoms with Crippen LogP contribution in [-0.4, -0.2) is 50.1 Å². The van der Waals surface area contributed by atoms with E-state index in [0.717, 1.165) is 58.0 Å². The summed E-state index contributed by atoms with van der Waals surface area (Å²) < 4.78 is 0. The Morgan fingerprint density at radius 1 is 1.20 bits per heavy atom. The monoisotopic (exact) mass is 211 g/mol. The predicted molar refractivity (Wildman–Crippen MR) is 59.7 cm³/mol. The van der Waals surface area contributed by atoms with Gasteiger partial charge in [-0.15, -0.1) is 0 Å². The normalized spacial score (nSPS) is 26.9. The van der Waals surface area contributed by atoms with Crippen molar-refractivity contribution in [3.8, 4) is 0 Å². The molecule has 2 heterocycles. The van der Waals surface area contributed by atoms with E-state index in [-0.39, 0.29) is 0 Å². The number of nitrogens with one attached hydrogen (secondary N) is 2. The number of hydrogen-bond acceptors (Lipinski definition) is 3. The Balaban J connectivity index is 1.66. The molecule has 2 aliphatic rings. The molecular formula is C11H21N3O. The summed E-state index contributed by atoms with van der Waals surface area (Å²) in [4.78, 5) is 13.8. The molecule has 0 bridgehead atoms. The number of hydrogen-bond donors (Lipinski definition) is 2. The van der Waals surface area contributed by atoms with E-state index in [1.807, 2.05) is 4.90 Å². The van der Waals surface area contributed by atoms with Crippen molar-refractivity contribution in [1.82, 2.24) is 15.5 Å². The minimum absolute atomic E-state index is 0.350. The molecule has 2 N–H and O–H groups in total. The molecule has 86 valence electrons. The van der Waals surface area contributed by atoms with Gasteiger partial charge < -0.3 is 15.5 Å². The summed E-state index contributed by atoms with van der Waals surface area (Å²) in [5.41, 5.74) is 0. The van der Waals surface area contributed by atoms with Gasteiger partial charge in [-0.1, -0.05) is 0 Å². The van der Waals surface area contributed by atoms with E-state index in [0.29, 0.717) is 5.91 Å². The first-order valence-electron chi connectivity index (χ1n) is 6.05. The van der Waals surface area contributed by atoms with Crippen molar-refractivity contribution in [3.05, 3.63) is 0 Å². The minimum Gasteiger partial charge on any atom is -0.340 e. The Bertz CT molecular complexity index is 208. The van der Waals surface area contributed by atoms with Gasteiger partial charge in [0.2, 0.25) is 5.91 Å². The largest absolute Gasteiger partial charge is 0.340 e. The fourth-order valence-corrected chi connectivity index (χ4v) is 2.36. The molecule has 15 heavy (non-hydrogen) atoms. The van der Waals surface area contributed by atoms with Gasteiger partial charge in [0.05, 0.1) is 0 Å². The molecule has 0 aromatic carbocycles. The molecule has 4 heteroatoms. The summed E-state index contributed by atoms with van der Waals surface area (Å²) in [7, 11) is 0. The zero-order valence-electron chi connectivity index (χ0n) is 9.30. The topological polar surface area (TPSA) is 44.4 Å². The second-order valence-electron chi connectivity index (χ2n) is 4.53. The smallest absolute Gasteiger partial charge is 0.222 e. The van der Waals surface area contributed by atoms with Crippen LogP contribution in [0, 0.1) is 5.92 Å². The maximum Gasteiger partial charge on any atom is 0.222 e. The predicted octanol–water partition coefficient (Wildman–Crippen LogP) is -0.192. The molecule has 0 aromatic rings. The van der Waals surface area contributed by atoms with E-state index in [1.54, 1.807) is 0 Å². The summed E-state index contributed by atoms with van der Waals surface area (Å²) in [5, 5.41) is 6.60. The summed E-state index contributed by atoms with van der Waals surface area (Å²) >= 11 is 0. The summed E-state index contributed by atoms with van der Waals surface area (Å²) in [6, 6.07) is 0. The summed E-state index contributed by atoms with van der Waals surface area (Å²) in [5.74, 6) is 1.08. The van der Waals surface area contributed by atoms with Gasteiger partial charge in [-0.25, -0.2) is 0 Å². The van der Waals surface area contributed by atoms with Crippen LogP contribution in [0.1, 0.15) is 19.3 Å². The number of amides is 1. The number of piperazine rings is 1. The second-order valence-corrected chi connectivity index (χ2v) is 4.53. The van der Waals surface area contributed by atoms with Crippen LogP contribution in [0.2, 0.25) is 0 Å². The van der Waals surface area contributed by atoms with E-state index < -0.39 is 0 Å². The van der Waals surface area contributed by atoms with E-state index in [2.05, 4.69) is 10.6 Å². The second kappa shape index (κ2) is 5.47.